The Morgan fingerprint density at radius 2 is 1.66 bits per heavy atom. The van der Waals surface area contributed by atoms with Gasteiger partial charge in [0.25, 0.3) is 10.0 Å². The van der Waals surface area contributed by atoms with Gasteiger partial charge < -0.3 is 9.88 Å². The van der Waals surface area contributed by atoms with Crippen molar-refractivity contribution in [2.24, 2.45) is 0 Å². The highest BCUT2D eigenvalue weighted by atomic mass is 32.2. The van der Waals surface area contributed by atoms with Gasteiger partial charge in [-0.1, -0.05) is 56.3 Å². The second kappa shape index (κ2) is 10.6. The van der Waals surface area contributed by atoms with Crippen LogP contribution in [0.1, 0.15) is 30.9 Å². The lowest BCUT2D eigenvalue weighted by Gasteiger charge is -2.24. The Labute approximate surface area is 206 Å². The lowest BCUT2D eigenvalue weighted by atomic mass is 10.0. The fourth-order valence-electron chi connectivity index (χ4n) is 3.64. The van der Waals surface area contributed by atoms with Crippen molar-refractivity contribution in [2.45, 2.75) is 31.2 Å². The van der Waals surface area contributed by atoms with Crippen LogP contribution in [0.15, 0.2) is 102 Å². The van der Waals surface area contributed by atoms with Crippen molar-refractivity contribution in [1.82, 2.24) is 14.9 Å². The number of benzene rings is 3. The molecule has 1 N–H and O–H groups in total. The summed E-state index contributed by atoms with van der Waals surface area (Å²) in [5, 5.41) is 2.84. The van der Waals surface area contributed by atoms with Crippen molar-refractivity contribution in [3.63, 3.8) is 0 Å². The maximum atomic E-state index is 13.4. The van der Waals surface area contributed by atoms with E-state index in [1.165, 1.54) is 12.1 Å². The topological polar surface area (TPSA) is 84.3 Å². The Kier molecular flexibility index (Phi) is 7.31. The molecule has 0 saturated carbocycles. The summed E-state index contributed by atoms with van der Waals surface area (Å²) >= 11 is 0. The third-order valence-electron chi connectivity index (χ3n) is 5.69. The molecule has 0 bridgehead atoms. The highest BCUT2D eigenvalue weighted by molar-refractivity contribution is 7.92. The molecule has 0 atom stereocenters. The lowest BCUT2D eigenvalue weighted by Crippen LogP contribution is -2.40. The van der Waals surface area contributed by atoms with E-state index in [0.29, 0.717) is 11.6 Å². The molecule has 0 aliphatic rings. The van der Waals surface area contributed by atoms with Gasteiger partial charge >= 0.3 is 0 Å². The first kappa shape index (κ1) is 24.2. The number of imidazole rings is 1. The van der Waals surface area contributed by atoms with Crippen molar-refractivity contribution in [1.29, 1.82) is 0 Å². The van der Waals surface area contributed by atoms with Crippen LogP contribution in [0.2, 0.25) is 0 Å². The molecule has 4 aromatic rings. The average molecular weight is 489 g/mol. The molecule has 0 fully saturated rings. The summed E-state index contributed by atoms with van der Waals surface area (Å²) in [5.41, 5.74) is 3.40. The molecule has 8 heteroatoms. The minimum absolute atomic E-state index is 0.135. The van der Waals surface area contributed by atoms with Crippen LogP contribution < -0.4 is 9.62 Å². The van der Waals surface area contributed by atoms with Crippen LogP contribution in [-0.2, 0) is 21.4 Å². The van der Waals surface area contributed by atoms with Gasteiger partial charge in [0.15, 0.2) is 0 Å². The molecule has 0 radical (unpaired) electrons. The largest absolute Gasteiger partial charge is 0.350 e. The normalized spacial score (nSPS) is 11.4. The second-order valence-corrected chi connectivity index (χ2v) is 10.3. The second-order valence-electron chi connectivity index (χ2n) is 8.48. The van der Waals surface area contributed by atoms with Gasteiger partial charge in [0.2, 0.25) is 5.91 Å². The number of hydrogen-bond acceptors (Lipinski definition) is 4. The van der Waals surface area contributed by atoms with E-state index in [1.807, 2.05) is 47.2 Å². The third-order valence-corrected chi connectivity index (χ3v) is 7.48. The van der Waals surface area contributed by atoms with Gasteiger partial charge in [0, 0.05) is 24.6 Å². The molecule has 1 amide bonds. The van der Waals surface area contributed by atoms with Crippen molar-refractivity contribution in [3.05, 3.63) is 109 Å². The van der Waals surface area contributed by atoms with Crippen LogP contribution >= 0.6 is 0 Å². The molecule has 0 spiro atoms. The number of aromatic nitrogens is 2. The van der Waals surface area contributed by atoms with Gasteiger partial charge in [0.1, 0.15) is 6.54 Å². The zero-order valence-corrected chi connectivity index (χ0v) is 20.5. The van der Waals surface area contributed by atoms with Crippen LogP contribution in [-0.4, -0.2) is 30.4 Å². The number of amides is 1. The summed E-state index contributed by atoms with van der Waals surface area (Å²) in [4.78, 5) is 17.1. The first-order valence-electron chi connectivity index (χ1n) is 11.4. The lowest BCUT2D eigenvalue weighted by molar-refractivity contribution is -0.119. The van der Waals surface area contributed by atoms with Crippen LogP contribution in [0.25, 0.3) is 5.69 Å². The highest BCUT2D eigenvalue weighted by Gasteiger charge is 2.27. The Morgan fingerprint density at radius 3 is 2.26 bits per heavy atom. The van der Waals surface area contributed by atoms with Gasteiger partial charge in [-0.05, 0) is 53.4 Å². The standard InChI is InChI=1S/C27H28N4O3S/c1-21(2)23-10-14-25(15-11-23)31(35(33,34)26-6-4-3-5-7-26)19-27(32)29-18-22-8-12-24(13-9-22)30-17-16-28-20-30/h3-17,20-21H,18-19H2,1-2H3,(H,29,32). The number of nitrogens with one attached hydrogen (secondary N) is 1. The van der Waals surface area contributed by atoms with Crippen molar-refractivity contribution < 1.29 is 13.2 Å². The Balaban J connectivity index is 1.51. The van der Waals surface area contributed by atoms with Crippen molar-refractivity contribution in [2.75, 3.05) is 10.8 Å². The van der Waals surface area contributed by atoms with Gasteiger partial charge in [-0.25, -0.2) is 13.4 Å². The zero-order chi connectivity index (χ0) is 24.8. The molecule has 7 nitrogen and oxygen atoms in total. The summed E-state index contributed by atoms with van der Waals surface area (Å²) in [7, 11) is -3.93. The Hall–Kier alpha value is -3.91. The summed E-state index contributed by atoms with van der Waals surface area (Å²) in [5.74, 6) is -0.0807. The van der Waals surface area contributed by atoms with E-state index in [9.17, 15) is 13.2 Å². The third kappa shape index (κ3) is 5.78. The number of nitrogens with zero attached hydrogens (tertiary/aromatic N) is 3. The van der Waals surface area contributed by atoms with E-state index in [1.54, 1.807) is 42.9 Å². The molecule has 0 saturated heterocycles. The quantitative estimate of drug-likeness (QED) is 0.376. The number of carbonyl (C=O) groups excluding carboxylic acids is 1. The first-order valence-corrected chi connectivity index (χ1v) is 12.8. The average Bonchev–Trinajstić information content (AvgIpc) is 3.42. The van der Waals surface area contributed by atoms with Crippen LogP contribution in [0, 0.1) is 0 Å². The Bertz CT molecular complexity index is 1350. The molecule has 3 aromatic carbocycles. The number of hydrogen-bond donors (Lipinski definition) is 1. The smallest absolute Gasteiger partial charge is 0.264 e. The number of sulfonamides is 1. The predicted octanol–water partition coefficient (Wildman–Crippen LogP) is 4.51. The maximum Gasteiger partial charge on any atom is 0.264 e. The van der Waals surface area contributed by atoms with Gasteiger partial charge in [0.05, 0.1) is 16.9 Å². The van der Waals surface area contributed by atoms with Crippen LogP contribution in [0.3, 0.4) is 0 Å². The van der Waals surface area contributed by atoms with E-state index in [4.69, 9.17) is 0 Å². The minimum Gasteiger partial charge on any atom is -0.350 e. The molecule has 0 unspecified atom stereocenters. The molecular formula is C27H28N4O3S. The SMILES string of the molecule is CC(C)c1ccc(N(CC(=O)NCc2ccc(-n3ccnc3)cc2)S(=O)(=O)c2ccccc2)cc1. The van der Waals surface area contributed by atoms with Gasteiger partial charge in [-0.15, -0.1) is 0 Å². The van der Waals surface area contributed by atoms with Crippen LogP contribution in [0.4, 0.5) is 5.69 Å². The van der Waals surface area contributed by atoms with Gasteiger partial charge in [-0.2, -0.15) is 0 Å². The van der Waals surface area contributed by atoms with E-state index in [0.717, 1.165) is 21.1 Å². The monoisotopic (exact) mass is 488 g/mol. The fourth-order valence-corrected chi connectivity index (χ4v) is 5.09. The maximum absolute atomic E-state index is 13.4. The molecule has 0 aliphatic carbocycles. The summed E-state index contributed by atoms with van der Waals surface area (Å²) in [6.45, 7) is 4.10. The zero-order valence-electron chi connectivity index (χ0n) is 19.7. The van der Waals surface area contributed by atoms with E-state index >= 15 is 0 Å². The van der Waals surface area contributed by atoms with Crippen molar-refractivity contribution in [3.8, 4) is 5.69 Å². The van der Waals surface area contributed by atoms with E-state index < -0.39 is 15.9 Å². The predicted molar refractivity (Wildman–Crippen MR) is 137 cm³/mol. The summed E-state index contributed by atoms with van der Waals surface area (Å²) in [6.07, 6.45) is 5.28. The van der Waals surface area contributed by atoms with E-state index in [-0.39, 0.29) is 18.0 Å². The fraction of sp³-hybridized carbons (Fsp3) is 0.185. The van der Waals surface area contributed by atoms with Crippen LogP contribution in [0.5, 0.6) is 0 Å². The molecule has 1 aromatic heterocycles. The molecule has 1 heterocycles. The number of carbonyl (C=O) groups is 1. The van der Waals surface area contributed by atoms with Gasteiger partial charge in [-0.3, -0.25) is 9.10 Å². The minimum atomic E-state index is -3.93. The van der Waals surface area contributed by atoms with Crippen molar-refractivity contribution >= 4 is 21.6 Å². The highest BCUT2D eigenvalue weighted by Crippen LogP contribution is 2.25. The number of rotatable bonds is 9. The Morgan fingerprint density at radius 1 is 0.971 bits per heavy atom. The summed E-state index contributed by atoms with van der Waals surface area (Å²) in [6, 6.07) is 23.1. The number of anilines is 1. The molecule has 35 heavy (non-hydrogen) atoms. The summed E-state index contributed by atoms with van der Waals surface area (Å²) < 4.78 is 29.9. The molecule has 180 valence electrons. The molecule has 4 rings (SSSR count). The first-order chi connectivity index (χ1) is 16.8. The molecule has 0 aliphatic heterocycles. The van der Waals surface area contributed by atoms with E-state index in [2.05, 4.69) is 24.1 Å². The molecular weight excluding hydrogens is 460 g/mol.